The number of carbonyl (C=O) groups is 1. The van der Waals surface area contributed by atoms with Crippen LogP contribution >= 0.6 is 0 Å². The Kier molecular flexibility index (Phi) is 4.84. The molecule has 1 N–H and O–H groups in total. The number of hydrogen-bond acceptors (Lipinski definition) is 4. The topological polar surface area (TPSA) is 87.8 Å². The van der Waals surface area contributed by atoms with Gasteiger partial charge in [0.1, 0.15) is 5.58 Å². The molecule has 0 atom stereocenters. The molecule has 26 heavy (non-hydrogen) atoms. The number of sulfonamides is 1. The zero-order valence-corrected chi connectivity index (χ0v) is 15.3. The van der Waals surface area contributed by atoms with Crippen LogP contribution in [0, 0.1) is 6.92 Å². The highest BCUT2D eigenvalue weighted by atomic mass is 32.2. The van der Waals surface area contributed by atoms with Crippen LogP contribution in [0.4, 0.5) is 0 Å². The van der Waals surface area contributed by atoms with Crippen molar-refractivity contribution in [3.05, 3.63) is 65.4 Å². The van der Waals surface area contributed by atoms with Crippen LogP contribution in [0.15, 0.2) is 57.8 Å². The Hall–Kier alpha value is -2.64. The van der Waals surface area contributed by atoms with Gasteiger partial charge < -0.3 is 9.52 Å². The van der Waals surface area contributed by atoms with Crippen molar-refractivity contribution in [1.82, 2.24) is 4.31 Å². The largest absolute Gasteiger partial charge is 0.475 e. The van der Waals surface area contributed by atoms with E-state index in [0.717, 1.165) is 5.56 Å². The zero-order valence-electron chi connectivity index (χ0n) is 14.5. The van der Waals surface area contributed by atoms with E-state index in [0.29, 0.717) is 23.1 Å². The molecule has 2 aromatic carbocycles. The SMILES string of the molecule is CCN(Cc1ccccc1)S(=O)(=O)c1ccc2oc(C(=O)O)c(C)c2c1. The molecule has 136 valence electrons. The monoisotopic (exact) mass is 373 g/mol. The van der Waals surface area contributed by atoms with E-state index in [9.17, 15) is 13.2 Å². The van der Waals surface area contributed by atoms with Crippen molar-refractivity contribution in [2.45, 2.75) is 25.3 Å². The molecule has 1 heterocycles. The highest BCUT2D eigenvalue weighted by molar-refractivity contribution is 7.89. The van der Waals surface area contributed by atoms with E-state index in [1.54, 1.807) is 13.8 Å². The van der Waals surface area contributed by atoms with Gasteiger partial charge in [0.2, 0.25) is 15.8 Å². The van der Waals surface area contributed by atoms with Crippen molar-refractivity contribution < 1.29 is 22.7 Å². The molecular formula is C19H19NO5S. The summed E-state index contributed by atoms with van der Waals surface area (Å²) in [5.41, 5.74) is 1.66. The van der Waals surface area contributed by atoms with Crippen LogP contribution in [0.5, 0.6) is 0 Å². The first-order chi connectivity index (χ1) is 12.3. The van der Waals surface area contributed by atoms with Gasteiger partial charge in [0.05, 0.1) is 4.90 Å². The maximum absolute atomic E-state index is 13.0. The second-order valence-electron chi connectivity index (χ2n) is 5.94. The van der Waals surface area contributed by atoms with E-state index < -0.39 is 16.0 Å². The molecule has 3 rings (SSSR count). The zero-order chi connectivity index (χ0) is 18.9. The van der Waals surface area contributed by atoms with Crippen molar-refractivity contribution in [1.29, 1.82) is 0 Å². The van der Waals surface area contributed by atoms with Crippen LogP contribution in [-0.2, 0) is 16.6 Å². The molecule has 6 nitrogen and oxygen atoms in total. The summed E-state index contributed by atoms with van der Waals surface area (Å²) >= 11 is 0. The number of nitrogens with zero attached hydrogens (tertiary/aromatic N) is 1. The third kappa shape index (κ3) is 3.23. The van der Waals surface area contributed by atoms with Crippen LogP contribution in [0.25, 0.3) is 11.0 Å². The molecule has 0 radical (unpaired) electrons. The van der Waals surface area contributed by atoms with Gasteiger partial charge >= 0.3 is 5.97 Å². The Balaban J connectivity index is 2.02. The summed E-state index contributed by atoms with van der Waals surface area (Å²) in [6.07, 6.45) is 0. The van der Waals surface area contributed by atoms with E-state index in [2.05, 4.69) is 0 Å². The second kappa shape index (κ2) is 6.93. The number of benzene rings is 2. The fourth-order valence-electron chi connectivity index (χ4n) is 2.87. The van der Waals surface area contributed by atoms with Gasteiger partial charge in [-0.25, -0.2) is 13.2 Å². The predicted octanol–water partition coefficient (Wildman–Crippen LogP) is 3.65. The normalized spacial score (nSPS) is 12.0. The number of fused-ring (bicyclic) bond motifs is 1. The third-order valence-corrected chi connectivity index (χ3v) is 6.21. The lowest BCUT2D eigenvalue weighted by molar-refractivity contribution is 0.0664. The number of aromatic carboxylic acids is 1. The number of carboxylic acid groups (broad SMARTS) is 1. The van der Waals surface area contributed by atoms with E-state index in [4.69, 9.17) is 9.52 Å². The maximum Gasteiger partial charge on any atom is 0.372 e. The Bertz CT molecular complexity index is 1050. The number of carboxylic acids is 1. The Morgan fingerprint density at radius 2 is 1.85 bits per heavy atom. The van der Waals surface area contributed by atoms with Gasteiger partial charge in [0.15, 0.2) is 0 Å². The molecule has 0 bridgehead atoms. The Labute approximate surface area is 151 Å². The van der Waals surface area contributed by atoms with Crippen LogP contribution < -0.4 is 0 Å². The average molecular weight is 373 g/mol. The molecule has 0 amide bonds. The quantitative estimate of drug-likeness (QED) is 0.712. The molecule has 0 aliphatic heterocycles. The highest BCUT2D eigenvalue weighted by Crippen LogP contribution is 2.29. The van der Waals surface area contributed by atoms with Crippen LogP contribution in [0.3, 0.4) is 0 Å². The minimum Gasteiger partial charge on any atom is -0.475 e. The first-order valence-corrected chi connectivity index (χ1v) is 9.59. The maximum atomic E-state index is 13.0. The van der Waals surface area contributed by atoms with E-state index in [1.807, 2.05) is 30.3 Å². The summed E-state index contributed by atoms with van der Waals surface area (Å²) in [5.74, 6) is -1.35. The van der Waals surface area contributed by atoms with Crippen molar-refractivity contribution in [3.8, 4) is 0 Å². The lowest BCUT2D eigenvalue weighted by atomic mass is 10.1. The molecule has 1 aromatic heterocycles. The third-order valence-electron chi connectivity index (χ3n) is 4.29. The number of rotatable bonds is 6. The van der Waals surface area contributed by atoms with Gasteiger partial charge in [-0.15, -0.1) is 0 Å². The number of aryl methyl sites for hydroxylation is 1. The summed E-state index contributed by atoms with van der Waals surface area (Å²) in [5, 5.41) is 9.65. The van der Waals surface area contributed by atoms with Crippen molar-refractivity contribution >= 4 is 27.0 Å². The van der Waals surface area contributed by atoms with Gasteiger partial charge in [-0.2, -0.15) is 4.31 Å². The lowest BCUT2D eigenvalue weighted by Crippen LogP contribution is -2.30. The van der Waals surface area contributed by atoms with Crippen molar-refractivity contribution in [3.63, 3.8) is 0 Å². The van der Waals surface area contributed by atoms with Gasteiger partial charge in [0.25, 0.3) is 0 Å². The fraction of sp³-hybridized carbons (Fsp3) is 0.211. The lowest BCUT2D eigenvalue weighted by Gasteiger charge is -2.20. The smallest absolute Gasteiger partial charge is 0.372 e. The fourth-order valence-corrected chi connectivity index (χ4v) is 4.33. The number of hydrogen-bond donors (Lipinski definition) is 1. The van der Waals surface area contributed by atoms with Crippen molar-refractivity contribution in [2.75, 3.05) is 6.54 Å². The molecule has 0 spiro atoms. The average Bonchev–Trinajstić information content (AvgIpc) is 2.97. The predicted molar refractivity (Wildman–Crippen MR) is 97.6 cm³/mol. The summed E-state index contributed by atoms with van der Waals surface area (Å²) in [6.45, 7) is 3.97. The standard InChI is InChI=1S/C19H19NO5S/c1-3-20(12-14-7-5-4-6-8-14)26(23,24)15-9-10-17-16(11-15)13(2)18(25-17)19(21)22/h4-11H,3,12H2,1-2H3,(H,21,22). The van der Waals surface area contributed by atoms with Gasteiger partial charge in [-0.3, -0.25) is 0 Å². The molecule has 0 aliphatic carbocycles. The van der Waals surface area contributed by atoms with Crippen LogP contribution in [0.2, 0.25) is 0 Å². The summed E-state index contributed by atoms with van der Waals surface area (Å²) in [6, 6.07) is 13.8. The van der Waals surface area contributed by atoms with E-state index in [-0.39, 0.29) is 17.2 Å². The van der Waals surface area contributed by atoms with Gasteiger partial charge in [-0.1, -0.05) is 37.3 Å². The molecule has 0 saturated carbocycles. The minimum atomic E-state index is -3.72. The van der Waals surface area contributed by atoms with Crippen molar-refractivity contribution in [2.24, 2.45) is 0 Å². The Morgan fingerprint density at radius 1 is 1.15 bits per heavy atom. The first kappa shape index (κ1) is 18.2. The van der Waals surface area contributed by atoms with E-state index in [1.165, 1.54) is 22.5 Å². The van der Waals surface area contributed by atoms with Gasteiger partial charge in [0, 0.05) is 24.0 Å². The first-order valence-electron chi connectivity index (χ1n) is 8.15. The van der Waals surface area contributed by atoms with Crippen LogP contribution in [-0.4, -0.2) is 30.3 Å². The van der Waals surface area contributed by atoms with Crippen LogP contribution in [0.1, 0.15) is 28.6 Å². The Morgan fingerprint density at radius 3 is 2.46 bits per heavy atom. The van der Waals surface area contributed by atoms with E-state index >= 15 is 0 Å². The molecule has 3 aromatic rings. The summed E-state index contributed by atoms with van der Waals surface area (Å²) < 4.78 is 32.8. The number of furan rings is 1. The molecule has 0 aliphatic rings. The summed E-state index contributed by atoms with van der Waals surface area (Å²) in [4.78, 5) is 11.3. The highest BCUT2D eigenvalue weighted by Gasteiger charge is 2.25. The molecular weight excluding hydrogens is 354 g/mol. The minimum absolute atomic E-state index is 0.114. The summed E-state index contributed by atoms with van der Waals surface area (Å²) in [7, 11) is -3.72. The molecule has 0 saturated heterocycles. The van der Waals surface area contributed by atoms with Gasteiger partial charge in [-0.05, 0) is 30.7 Å². The molecule has 0 fully saturated rings. The second-order valence-corrected chi connectivity index (χ2v) is 7.87. The molecule has 0 unspecified atom stereocenters. The molecule has 7 heteroatoms.